The van der Waals surface area contributed by atoms with Crippen LogP contribution in [0.2, 0.25) is 0 Å². The summed E-state index contributed by atoms with van der Waals surface area (Å²) >= 11 is 0. The normalized spacial score (nSPS) is 16.5. The molecule has 0 bridgehead atoms. The molecule has 0 saturated heterocycles. The summed E-state index contributed by atoms with van der Waals surface area (Å²) in [5.74, 6) is 1.66. The van der Waals surface area contributed by atoms with Gasteiger partial charge in [0, 0.05) is 49.4 Å². The van der Waals surface area contributed by atoms with Crippen molar-refractivity contribution in [2.24, 2.45) is 5.92 Å². The van der Waals surface area contributed by atoms with E-state index in [0.717, 1.165) is 43.4 Å². The number of aromatic nitrogens is 4. The van der Waals surface area contributed by atoms with Gasteiger partial charge >= 0.3 is 0 Å². The van der Waals surface area contributed by atoms with Crippen molar-refractivity contribution in [3.63, 3.8) is 0 Å². The summed E-state index contributed by atoms with van der Waals surface area (Å²) in [6.45, 7) is 7.97. The lowest BCUT2D eigenvalue weighted by Gasteiger charge is -2.25. The molecule has 4 rings (SSSR count). The maximum Gasteiger partial charge on any atom is 0.124 e. The summed E-state index contributed by atoms with van der Waals surface area (Å²) in [5.41, 5.74) is 4.68. The first-order chi connectivity index (χ1) is 12.2. The summed E-state index contributed by atoms with van der Waals surface area (Å²) < 4.78 is 4.07. The lowest BCUT2D eigenvalue weighted by molar-refractivity contribution is 0.391. The van der Waals surface area contributed by atoms with Gasteiger partial charge in [0.2, 0.25) is 0 Å². The molecule has 3 aromatic rings. The third-order valence-electron chi connectivity index (χ3n) is 4.90. The van der Waals surface area contributed by atoms with E-state index >= 15 is 0 Å². The Labute approximate surface area is 147 Å². The topological polar surface area (TPSA) is 59.7 Å². The molecule has 0 saturated carbocycles. The minimum absolute atomic E-state index is 0.539. The summed E-state index contributed by atoms with van der Waals surface area (Å²) in [7, 11) is 0. The fraction of sp³-hybridized carbons (Fsp3) is 0.368. The van der Waals surface area contributed by atoms with Gasteiger partial charge in [-0.2, -0.15) is 10.2 Å². The summed E-state index contributed by atoms with van der Waals surface area (Å²) in [6, 6.07) is 12.3. The Morgan fingerprint density at radius 1 is 1.20 bits per heavy atom. The fourth-order valence-electron chi connectivity index (χ4n) is 3.48. The summed E-state index contributed by atoms with van der Waals surface area (Å²) in [5, 5.41) is 16.1. The molecule has 3 heterocycles. The van der Waals surface area contributed by atoms with Crippen LogP contribution in [0.25, 0.3) is 5.69 Å². The second kappa shape index (κ2) is 6.72. The van der Waals surface area contributed by atoms with Crippen molar-refractivity contribution in [3.8, 4) is 5.69 Å². The van der Waals surface area contributed by atoms with E-state index in [1.165, 1.54) is 11.3 Å². The molecule has 0 amide bonds. The van der Waals surface area contributed by atoms with Crippen LogP contribution in [0.1, 0.15) is 17.0 Å². The van der Waals surface area contributed by atoms with Gasteiger partial charge in [-0.15, -0.1) is 0 Å². The van der Waals surface area contributed by atoms with E-state index in [4.69, 9.17) is 5.10 Å². The van der Waals surface area contributed by atoms with Gasteiger partial charge in [0.25, 0.3) is 0 Å². The van der Waals surface area contributed by atoms with Gasteiger partial charge in [0.05, 0.1) is 17.6 Å². The van der Waals surface area contributed by atoms with Crippen LogP contribution in [0.4, 0.5) is 5.82 Å². The molecule has 130 valence electrons. The average Bonchev–Trinajstić information content (AvgIpc) is 3.21. The maximum atomic E-state index is 4.72. The minimum Gasteiger partial charge on any atom is -0.370 e. The zero-order valence-electron chi connectivity index (χ0n) is 14.7. The monoisotopic (exact) mass is 336 g/mol. The fourth-order valence-corrected chi connectivity index (χ4v) is 3.48. The number of fused-ring (bicyclic) bond motifs is 1. The number of nitrogens with zero attached hydrogens (tertiary/aromatic N) is 4. The average molecular weight is 336 g/mol. The number of rotatable bonds is 5. The second-order valence-electron chi connectivity index (χ2n) is 6.67. The van der Waals surface area contributed by atoms with Crippen LogP contribution in [0.15, 0.2) is 42.6 Å². The highest BCUT2D eigenvalue weighted by atomic mass is 15.3. The Morgan fingerprint density at radius 3 is 2.88 bits per heavy atom. The van der Waals surface area contributed by atoms with Gasteiger partial charge in [-0.05, 0) is 26.0 Å². The molecular formula is C19H24N6. The smallest absolute Gasteiger partial charge is 0.124 e. The van der Waals surface area contributed by atoms with E-state index in [1.54, 1.807) is 0 Å². The number of benzene rings is 1. The Morgan fingerprint density at radius 2 is 2.04 bits per heavy atom. The van der Waals surface area contributed by atoms with Gasteiger partial charge < -0.3 is 10.6 Å². The van der Waals surface area contributed by atoms with E-state index in [9.17, 15) is 0 Å². The molecule has 0 unspecified atom stereocenters. The van der Waals surface area contributed by atoms with Crippen molar-refractivity contribution in [1.82, 2.24) is 24.9 Å². The van der Waals surface area contributed by atoms with Crippen LogP contribution < -0.4 is 10.6 Å². The highest BCUT2D eigenvalue weighted by molar-refractivity contribution is 5.37. The van der Waals surface area contributed by atoms with Crippen molar-refractivity contribution in [2.45, 2.75) is 26.9 Å². The van der Waals surface area contributed by atoms with Gasteiger partial charge in [0.1, 0.15) is 5.82 Å². The zero-order chi connectivity index (χ0) is 17.2. The molecular weight excluding hydrogens is 312 g/mol. The molecule has 0 spiro atoms. The van der Waals surface area contributed by atoms with Crippen LogP contribution in [-0.4, -0.2) is 32.7 Å². The first-order valence-corrected chi connectivity index (χ1v) is 8.79. The van der Waals surface area contributed by atoms with Crippen LogP contribution in [0.3, 0.4) is 0 Å². The predicted octanol–water partition coefficient (Wildman–Crippen LogP) is 2.52. The van der Waals surface area contributed by atoms with Crippen LogP contribution in [0.5, 0.6) is 0 Å². The Balaban J connectivity index is 1.40. The van der Waals surface area contributed by atoms with Crippen molar-refractivity contribution in [3.05, 3.63) is 59.5 Å². The number of nitrogens with one attached hydrogen (secondary N) is 2. The van der Waals surface area contributed by atoms with Gasteiger partial charge in [-0.1, -0.05) is 18.2 Å². The van der Waals surface area contributed by atoms with Crippen molar-refractivity contribution in [1.29, 1.82) is 0 Å². The molecule has 0 radical (unpaired) electrons. The first kappa shape index (κ1) is 15.9. The van der Waals surface area contributed by atoms with Gasteiger partial charge in [-0.25, -0.2) is 9.36 Å². The second-order valence-corrected chi connectivity index (χ2v) is 6.67. The molecule has 1 atom stereocenters. The molecule has 6 heteroatoms. The highest BCUT2D eigenvalue weighted by Gasteiger charge is 2.18. The van der Waals surface area contributed by atoms with Crippen molar-refractivity contribution in [2.75, 3.05) is 18.4 Å². The van der Waals surface area contributed by atoms with Crippen LogP contribution >= 0.6 is 0 Å². The number of hydrogen-bond acceptors (Lipinski definition) is 4. The molecule has 0 fully saturated rings. The third kappa shape index (κ3) is 3.17. The van der Waals surface area contributed by atoms with E-state index in [2.05, 4.69) is 41.7 Å². The third-order valence-corrected chi connectivity index (χ3v) is 4.90. The standard InChI is InChI=1S/C19H24N6/c1-14-18(15(2)25(23-14)17-6-4-3-5-7-17)12-20-10-16-11-21-19-8-9-22-24(19)13-16/h3-9,16,20-21H,10-13H2,1-2H3/t16-/m1/s1. The number of aryl methyl sites for hydroxylation is 1. The maximum absolute atomic E-state index is 4.72. The molecule has 1 aliphatic rings. The largest absolute Gasteiger partial charge is 0.370 e. The highest BCUT2D eigenvalue weighted by Crippen LogP contribution is 2.19. The van der Waals surface area contributed by atoms with E-state index < -0.39 is 0 Å². The number of anilines is 1. The van der Waals surface area contributed by atoms with E-state index in [0.29, 0.717) is 5.92 Å². The SMILES string of the molecule is Cc1nn(-c2ccccc2)c(C)c1CNC[C@@H]1CNc2ccnn2C1. The first-order valence-electron chi connectivity index (χ1n) is 8.79. The predicted molar refractivity (Wildman–Crippen MR) is 99.0 cm³/mol. The molecule has 1 aromatic carbocycles. The lowest BCUT2D eigenvalue weighted by atomic mass is 10.1. The molecule has 6 nitrogen and oxygen atoms in total. The Kier molecular flexibility index (Phi) is 4.28. The molecule has 0 aliphatic carbocycles. The number of para-hydroxylation sites is 1. The van der Waals surface area contributed by atoms with E-state index in [1.807, 2.05) is 39.8 Å². The number of hydrogen-bond donors (Lipinski definition) is 2. The molecule has 25 heavy (non-hydrogen) atoms. The van der Waals surface area contributed by atoms with E-state index in [-0.39, 0.29) is 0 Å². The Bertz CT molecular complexity index is 848. The molecule has 2 aromatic heterocycles. The molecule has 1 aliphatic heterocycles. The van der Waals surface area contributed by atoms with Crippen LogP contribution in [-0.2, 0) is 13.1 Å². The van der Waals surface area contributed by atoms with Crippen LogP contribution in [0, 0.1) is 19.8 Å². The quantitative estimate of drug-likeness (QED) is 0.752. The summed E-state index contributed by atoms with van der Waals surface area (Å²) in [6.07, 6.45) is 1.85. The van der Waals surface area contributed by atoms with Gasteiger partial charge in [0.15, 0.2) is 0 Å². The van der Waals surface area contributed by atoms with Gasteiger partial charge in [-0.3, -0.25) is 0 Å². The molecule has 2 N–H and O–H groups in total. The summed E-state index contributed by atoms with van der Waals surface area (Å²) in [4.78, 5) is 0. The Hall–Kier alpha value is -2.60. The van der Waals surface area contributed by atoms with Crippen molar-refractivity contribution >= 4 is 5.82 Å². The zero-order valence-corrected chi connectivity index (χ0v) is 14.7. The lowest BCUT2D eigenvalue weighted by Crippen LogP contribution is -2.35. The minimum atomic E-state index is 0.539. The van der Waals surface area contributed by atoms with Crippen molar-refractivity contribution < 1.29 is 0 Å².